The highest BCUT2D eigenvalue weighted by Crippen LogP contribution is 2.29. The predicted molar refractivity (Wildman–Crippen MR) is 124 cm³/mol. The van der Waals surface area contributed by atoms with E-state index in [1.54, 1.807) is 41.5 Å². The van der Waals surface area contributed by atoms with Crippen molar-refractivity contribution in [3.63, 3.8) is 0 Å². The molecule has 0 aromatic heterocycles. The minimum absolute atomic E-state index is 0.0764. The fourth-order valence-electron chi connectivity index (χ4n) is 3.73. The molecule has 2 atom stereocenters. The van der Waals surface area contributed by atoms with E-state index in [1.165, 1.54) is 0 Å². The Morgan fingerprint density at radius 2 is 1.47 bits per heavy atom. The maximum Gasteiger partial charge on any atom is 0.420 e. The van der Waals surface area contributed by atoms with Crippen molar-refractivity contribution in [1.29, 1.82) is 0 Å². The molecule has 0 unspecified atom stereocenters. The summed E-state index contributed by atoms with van der Waals surface area (Å²) >= 11 is 0. The normalized spacial score (nSPS) is 19.5. The Bertz CT molecular complexity index is 737. The van der Waals surface area contributed by atoms with E-state index in [4.69, 9.17) is 14.2 Å². The Morgan fingerprint density at radius 1 is 0.938 bits per heavy atom. The largest absolute Gasteiger partial charge is 0.443 e. The van der Waals surface area contributed by atoms with Crippen molar-refractivity contribution in [2.45, 2.75) is 104 Å². The first kappa shape index (κ1) is 26.1. The van der Waals surface area contributed by atoms with Crippen LogP contribution in [0.15, 0.2) is 30.3 Å². The number of carbonyl (C=O) groups is 2. The second-order valence-corrected chi connectivity index (χ2v) is 11.1. The minimum atomic E-state index is -0.823. The van der Waals surface area contributed by atoms with Gasteiger partial charge in [-0.1, -0.05) is 30.3 Å². The van der Waals surface area contributed by atoms with Gasteiger partial charge in [0, 0.05) is 12.6 Å². The molecule has 0 aliphatic carbocycles. The van der Waals surface area contributed by atoms with Crippen LogP contribution in [0.1, 0.15) is 73.8 Å². The standard InChI is InChI=1S/C25H40N2O5/c1-23(2,3)31-21(28)27(22(29)32-24(4,5)6)25(7,8)15-19-14-20(16-26-19)30-17-18-12-10-9-11-13-18/h9-13,19-20,26H,14-17H2,1-8H3/t19-,20+/m0/s1. The van der Waals surface area contributed by atoms with Gasteiger partial charge in [0.05, 0.1) is 18.2 Å². The summed E-state index contributed by atoms with van der Waals surface area (Å²) < 4.78 is 17.1. The molecule has 2 rings (SSSR count). The van der Waals surface area contributed by atoms with Gasteiger partial charge in [-0.15, -0.1) is 0 Å². The third kappa shape index (κ3) is 8.43. The van der Waals surface area contributed by atoms with Crippen molar-refractivity contribution < 1.29 is 23.8 Å². The zero-order valence-corrected chi connectivity index (χ0v) is 20.9. The first-order valence-corrected chi connectivity index (χ1v) is 11.3. The third-order valence-corrected chi connectivity index (χ3v) is 5.01. The first-order chi connectivity index (χ1) is 14.7. The van der Waals surface area contributed by atoms with Crippen LogP contribution in [0.3, 0.4) is 0 Å². The molecule has 0 spiro atoms. The van der Waals surface area contributed by atoms with Crippen molar-refractivity contribution in [3.8, 4) is 0 Å². The number of imide groups is 1. The van der Waals surface area contributed by atoms with Crippen LogP contribution < -0.4 is 5.32 Å². The number of carbonyl (C=O) groups excluding carboxylic acids is 2. The fraction of sp³-hybridized carbons (Fsp3) is 0.680. The lowest BCUT2D eigenvalue weighted by Gasteiger charge is -2.39. The second kappa shape index (κ2) is 10.2. The maximum absolute atomic E-state index is 13.0. The topological polar surface area (TPSA) is 77.1 Å². The summed E-state index contributed by atoms with van der Waals surface area (Å²) in [6, 6.07) is 10.2. The van der Waals surface area contributed by atoms with E-state index in [2.05, 4.69) is 5.32 Å². The summed E-state index contributed by atoms with van der Waals surface area (Å²) in [5, 5.41) is 3.47. The van der Waals surface area contributed by atoms with Gasteiger partial charge in [-0.3, -0.25) is 0 Å². The van der Waals surface area contributed by atoms with E-state index >= 15 is 0 Å². The van der Waals surface area contributed by atoms with Crippen LogP contribution in [0.2, 0.25) is 0 Å². The predicted octanol–water partition coefficient (Wildman–Crippen LogP) is 5.27. The van der Waals surface area contributed by atoms with Crippen molar-refractivity contribution in [3.05, 3.63) is 35.9 Å². The highest BCUT2D eigenvalue weighted by molar-refractivity contribution is 5.89. The molecule has 1 heterocycles. The van der Waals surface area contributed by atoms with Gasteiger partial charge in [-0.25, -0.2) is 14.5 Å². The van der Waals surface area contributed by atoms with E-state index < -0.39 is 28.9 Å². The highest BCUT2D eigenvalue weighted by Gasteiger charge is 2.43. The zero-order valence-electron chi connectivity index (χ0n) is 20.9. The fourth-order valence-corrected chi connectivity index (χ4v) is 3.73. The van der Waals surface area contributed by atoms with Gasteiger partial charge in [-0.2, -0.15) is 0 Å². The smallest absolute Gasteiger partial charge is 0.420 e. The number of hydrogen-bond acceptors (Lipinski definition) is 6. The van der Waals surface area contributed by atoms with Crippen molar-refractivity contribution in [2.24, 2.45) is 0 Å². The van der Waals surface area contributed by atoms with E-state index in [0.717, 1.165) is 23.4 Å². The monoisotopic (exact) mass is 448 g/mol. The number of nitrogens with one attached hydrogen (secondary N) is 1. The molecule has 0 radical (unpaired) electrons. The molecule has 32 heavy (non-hydrogen) atoms. The van der Waals surface area contributed by atoms with Crippen molar-refractivity contribution in [1.82, 2.24) is 10.2 Å². The molecule has 0 saturated carbocycles. The molecule has 1 fully saturated rings. The molecule has 7 nitrogen and oxygen atoms in total. The van der Waals surface area contributed by atoms with Gasteiger partial charge in [0.25, 0.3) is 0 Å². The van der Waals surface area contributed by atoms with E-state index in [-0.39, 0.29) is 12.1 Å². The summed E-state index contributed by atoms with van der Waals surface area (Å²) in [4.78, 5) is 27.1. The number of nitrogens with zero attached hydrogens (tertiary/aromatic N) is 1. The average molecular weight is 449 g/mol. The maximum atomic E-state index is 13.0. The molecule has 1 aliphatic rings. The quantitative estimate of drug-likeness (QED) is 0.638. The van der Waals surface area contributed by atoms with Gasteiger partial charge in [0.1, 0.15) is 11.2 Å². The van der Waals surface area contributed by atoms with Gasteiger partial charge < -0.3 is 19.5 Å². The van der Waals surface area contributed by atoms with Crippen LogP contribution >= 0.6 is 0 Å². The number of hydrogen-bond donors (Lipinski definition) is 1. The summed E-state index contributed by atoms with van der Waals surface area (Å²) in [7, 11) is 0. The van der Waals surface area contributed by atoms with Crippen LogP contribution in [0.25, 0.3) is 0 Å². The minimum Gasteiger partial charge on any atom is -0.443 e. The molecule has 2 amide bonds. The molecular formula is C25H40N2O5. The summed E-state index contributed by atoms with van der Waals surface area (Å²) in [5.41, 5.74) is -1.14. The lowest BCUT2D eigenvalue weighted by atomic mass is 9.92. The molecule has 1 aliphatic heterocycles. The number of ether oxygens (including phenoxy) is 3. The van der Waals surface area contributed by atoms with Crippen LogP contribution in [0, 0.1) is 0 Å². The molecule has 0 bridgehead atoms. The number of rotatable bonds is 6. The molecule has 7 heteroatoms. The van der Waals surface area contributed by atoms with Crippen LogP contribution in [0.5, 0.6) is 0 Å². The van der Waals surface area contributed by atoms with Gasteiger partial charge in [0.15, 0.2) is 0 Å². The lowest BCUT2D eigenvalue weighted by Crippen LogP contribution is -2.55. The SMILES string of the molecule is CC(C)(C)OC(=O)N(C(=O)OC(C)(C)C)C(C)(C)C[C@@H]1C[C@@H](OCc2ccccc2)CN1. The molecule has 1 N–H and O–H groups in total. The summed E-state index contributed by atoms with van der Waals surface area (Å²) in [5.74, 6) is 0. The first-order valence-electron chi connectivity index (χ1n) is 11.3. The Morgan fingerprint density at radius 3 is 1.97 bits per heavy atom. The van der Waals surface area contributed by atoms with Crippen LogP contribution in [-0.2, 0) is 20.8 Å². The molecule has 1 aromatic rings. The molecule has 1 aromatic carbocycles. The van der Waals surface area contributed by atoms with Gasteiger partial charge in [0.2, 0.25) is 0 Å². The molecule has 180 valence electrons. The third-order valence-electron chi connectivity index (χ3n) is 5.01. The van der Waals surface area contributed by atoms with E-state index in [1.807, 2.05) is 44.2 Å². The van der Waals surface area contributed by atoms with E-state index in [9.17, 15) is 9.59 Å². The van der Waals surface area contributed by atoms with E-state index in [0.29, 0.717) is 13.0 Å². The van der Waals surface area contributed by atoms with Crippen LogP contribution in [-0.4, -0.2) is 52.5 Å². The average Bonchev–Trinajstić information content (AvgIpc) is 3.04. The highest BCUT2D eigenvalue weighted by atomic mass is 16.6. The van der Waals surface area contributed by atoms with Gasteiger partial charge in [-0.05, 0) is 73.8 Å². The Labute approximate surface area is 192 Å². The molecular weight excluding hydrogens is 408 g/mol. The summed E-state index contributed by atoms with van der Waals surface area (Å²) in [6.45, 7) is 15.7. The van der Waals surface area contributed by atoms with Gasteiger partial charge >= 0.3 is 12.2 Å². The Balaban J connectivity index is 2.05. The summed E-state index contributed by atoms with van der Waals surface area (Å²) in [6.07, 6.45) is 0.0226. The lowest BCUT2D eigenvalue weighted by molar-refractivity contribution is -0.0212. The number of benzene rings is 1. The molecule has 1 saturated heterocycles. The van der Waals surface area contributed by atoms with Crippen molar-refractivity contribution >= 4 is 12.2 Å². The Kier molecular flexibility index (Phi) is 8.34. The van der Waals surface area contributed by atoms with Crippen molar-refractivity contribution in [2.75, 3.05) is 6.54 Å². The number of amides is 2. The zero-order chi connectivity index (χ0) is 24.2. The Hall–Kier alpha value is -2.12. The van der Waals surface area contributed by atoms with Crippen LogP contribution in [0.4, 0.5) is 9.59 Å². The second-order valence-electron chi connectivity index (χ2n) is 11.1.